The lowest BCUT2D eigenvalue weighted by molar-refractivity contribution is 0.388. The van der Waals surface area contributed by atoms with Crippen LogP contribution in [0.5, 0.6) is 5.75 Å². The molecule has 0 saturated carbocycles. The van der Waals surface area contributed by atoms with Crippen molar-refractivity contribution >= 4 is 11.3 Å². The van der Waals surface area contributed by atoms with Crippen LogP contribution in [-0.2, 0) is 13.0 Å². The van der Waals surface area contributed by atoms with Gasteiger partial charge >= 0.3 is 0 Å². The lowest BCUT2D eigenvalue weighted by atomic mass is 10.1. The molecule has 1 unspecified atom stereocenters. The molecule has 0 aliphatic heterocycles. The van der Waals surface area contributed by atoms with Crippen molar-refractivity contribution in [1.29, 1.82) is 0 Å². The number of methoxy groups -OCH3 is 1. The van der Waals surface area contributed by atoms with E-state index >= 15 is 0 Å². The predicted molar refractivity (Wildman–Crippen MR) is 88.1 cm³/mol. The van der Waals surface area contributed by atoms with Crippen molar-refractivity contribution in [2.24, 2.45) is 0 Å². The van der Waals surface area contributed by atoms with E-state index in [1.165, 1.54) is 10.6 Å². The van der Waals surface area contributed by atoms with Crippen LogP contribution in [0.4, 0.5) is 0 Å². The SMILES string of the molecule is CCCNC(Cc1cccs1)c1c(OC)cnn1CCC. The van der Waals surface area contributed by atoms with Crippen LogP contribution in [0.3, 0.4) is 0 Å². The first-order chi connectivity index (χ1) is 10.3. The lowest BCUT2D eigenvalue weighted by Gasteiger charge is -2.20. The zero-order valence-electron chi connectivity index (χ0n) is 13.1. The van der Waals surface area contributed by atoms with Crippen LogP contribution < -0.4 is 10.1 Å². The second kappa shape index (κ2) is 8.20. The van der Waals surface area contributed by atoms with E-state index < -0.39 is 0 Å². The van der Waals surface area contributed by atoms with Crippen LogP contribution in [0.15, 0.2) is 23.7 Å². The van der Waals surface area contributed by atoms with Crippen molar-refractivity contribution < 1.29 is 4.74 Å². The van der Waals surface area contributed by atoms with Crippen LogP contribution in [-0.4, -0.2) is 23.4 Å². The molecule has 116 valence electrons. The van der Waals surface area contributed by atoms with E-state index in [-0.39, 0.29) is 6.04 Å². The Labute approximate surface area is 131 Å². The van der Waals surface area contributed by atoms with E-state index in [2.05, 4.69) is 46.5 Å². The maximum Gasteiger partial charge on any atom is 0.161 e. The average Bonchev–Trinajstić information content (AvgIpc) is 3.13. The predicted octanol–water partition coefficient (Wildman–Crippen LogP) is 3.65. The Balaban J connectivity index is 2.27. The Morgan fingerprint density at radius 1 is 1.38 bits per heavy atom. The van der Waals surface area contributed by atoms with Crippen molar-refractivity contribution in [3.8, 4) is 5.75 Å². The Bertz CT molecular complexity index is 522. The molecule has 0 aliphatic rings. The number of aromatic nitrogens is 2. The van der Waals surface area contributed by atoms with Gasteiger partial charge in [0, 0.05) is 17.8 Å². The van der Waals surface area contributed by atoms with Gasteiger partial charge in [-0.3, -0.25) is 4.68 Å². The van der Waals surface area contributed by atoms with Gasteiger partial charge in [0.1, 0.15) is 0 Å². The van der Waals surface area contributed by atoms with E-state index in [1.807, 2.05) is 6.20 Å². The zero-order valence-corrected chi connectivity index (χ0v) is 13.9. The molecule has 1 atom stereocenters. The highest BCUT2D eigenvalue weighted by Crippen LogP contribution is 2.29. The second-order valence-corrected chi connectivity index (χ2v) is 6.14. The van der Waals surface area contributed by atoms with Gasteiger partial charge in [0.05, 0.1) is 25.0 Å². The highest BCUT2D eigenvalue weighted by atomic mass is 32.1. The number of hydrogen-bond acceptors (Lipinski definition) is 4. The Morgan fingerprint density at radius 2 is 2.24 bits per heavy atom. The number of nitrogens with one attached hydrogen (secondary N) is 1. The van der Waals surface area contributed by atoms with Crippen LogP contribution in [0.1, 0.15) is 43.3 Å². The van der Waals surface area contributed by atoms with Gasteiger partial charge in [0.25, 0.3) is 0 Å². The third-order valence-corrected chi connectivity index (χ3v) is 4.36. The minimum Gasteiger partial charge on any atom is -0.493 e. The quantitative estimate of drug-likeness (QED) is 0.768. The zero-order chi connectivity index (χ0) is 15.1. The van der Waals surface area contributed by atoms with Gasteiger partial charge in [-0.2, -0.15) is 5.10 Å². The highest BCUT2D eigenvalue weighted by Gasteiger charge is 2.22. The van der Waals surface area contributed by atoms with Crippen LogP contribution >= 0.6 is 11.3 Å². The van der Waals surface area contributed by atoms with Gasteiger partial charge in [-0.05, 0) is 30.8 Å². The number of nitrogens with zero attached hydrogens (tertiary/aromatic N) is 2. The number of aryl methyl sites for hydroxylation is 1. The number of hydrogen-bond donors (Lipinski definition) is 1. The number of ether oxygens (including phenoxy) is 1. The Kier molecular flexibility index (Phi) is 6.26. The molecule has 2 rings (SSSR count). The topological polar surface area (TPSA) is 39.1 Å². The molecular formula is C16H25N3OS. The number of thiophene rings is 1. The van der Waals surface area contributed by atoms with Crippen LogP contribution in [0, 0.1) is 0 Å². The summed E-state index contributed by atoms with van der Waals surface area (Å²) in [4.78, 5) is 1.38. The molecule has 0 saturated heterocycles. The molecule has 1 N–H and O–H groups in total. The Hall–Kier alpha value is -1.33. The lowest BCUT2D eigenvalue weighted by Crippen LogP contribution is -2.27. The molecule has 4 nitrogen and oxygen atoms in total. The van der Waals surface area contributed by atoms with Crippen molar-refractivity contribution in [3.05, 3.63) is 34.3 Å². The summed E-state index contributed by atoms with van der Waals surface area (Å²) in [6.07, 6.45) is 4.99. The molecule has 0 amide bonds. The molecule has 2 aromatic heterocycles. The van der Waals surface area contributed by atoms with E-state index in [9.17, 15) is 0 Å². The van der Waals surface area contributed by atoms with Gasteiger partial charge in [-0.25, -0.2) is 0 Å². The highest BCUT2D eigenvalue weighted by molar-refractivity contribution is 7.09. The third-order valence-electron chi connectivity index (χ3n) is 3.46. The van der Waals surface area contributed by atoms with E-state index in [0.29, 0.717) is 0 Å². The summed E-state index contributed by atoms with van der Waals surface area (Å²) >= 11 is 1.80. The molecule has 0 fully saturated rings. The monoisotopic (exact) mass is 307 g/mol. The minimum absolute atomic E-state index is 0.243. The fourth-order valence-corrected chi connectivity index (χ4v) is 3.24. The van der Waals surface area contributed by atoms with Crippen molar-refractivity contribution in [2.45, 2.75) is 45.7 Å². The summed E-state index contributed by atoms with van der Waals surface area (Å²) in [5.74, 6) is 0.883. The van der Waals surface area contributed by atoms with Gasteiger partial charge in [-0.1, -0.05) is 19.9 Å². The molecule has 21 heavy (non-hydrogen) atoms. The first-order valence-corrected chi connectivity index (χ1v) is 8.53. The molecule has 2 heterocycles. The van der Waals surface area contributed by atoms with Gasteiger partial charge in [-0.15, -0.1) is 11.3 Å². The number of rotatable bonds is 9. The molecule has 5 heteroatoms. The van der Waals surface area contributed by atoms with Crippen molar-refractivity contribution in [1.82, 2.24) is 15.1 Å². The molecule has 2 aromatic rings. The van der Waals surface area contributed by atoms with Crippen LogP contribution in [0.25, 0.3) is 0 Å². The van der Waals surface area contributed by atoms with Gasteiger partial charge in [0.2, 0.25) is 0 Å². The smallest absolute Gasteiger partial charge is 0.161 e. The Morgan fingerprint density at radius 3 is 2.86 bits per heavy atom. The van der Waals surface area contributed by atoms with E-state index in [4.69, 9.17) is 4.74 Å². The molecule has 0 spiro atoms. The summed E-state index contributed by atoms with van der Waals surface area (Å²) in [6.45, 7) is 6.28. The first kappa shape index (κ1) is 16.0. The van der Waals surface area contributed by atoms with E-state index in [1.54, 1.807) is 18.4 Å². The summed E-state index contributed by atoms with van der Waals surface area (Å²) in [7, 11) is 1.72. The van der Waals surface area contributed by atoms with Crippen molar-refractivity contribution in [3.63, 3.8) is 0 Å². The summed E-state index contributed by atoms with van der Waals surface area (Å²) in [5.41, 5.74) is 1.17. The molecule has 0 bridgehead atoms. The largest absolute Gasteiger partial charge is 0.493 e. The maximum atomic E-state index is 5.53. The fraction of sp³-hybridized carbons (Fsp3) is 0.562. The normalized spacial score (nSPS) is 12.5. The first-order valence-electron chi connectivity index (χ1n) is 7.65. The van der Waals surface area contributed by atoms with Crippen LogP contribution in [0.2, 0.25) is 0 Å². The third kappa shape index (κ3) is 4.08. The maximum absolute atomic E-state index is 5.53. The minimum atomic E-state index is 0.243. The second-order valence-electron chi connectivity index (χ2n) is 5.11. The molecular weight excluding hydrogens is 282 g/mol. The molecule has 0 radical (unpaired) electrons. The fourth-order valence-electron chi connectivity index (χ4n) is 2.49. The molecule has 0 aromatic carbocycles. The average molecular weight is 307 g/mol. The summed E-state index contributed by atoms with van der Waals surface area (Å²) in [5, 5.41) is 10.3. The summed E-state index contributed by atoms with van der Waals surface area (Å²) < 4.78 is 7.62. The van der Waals surface area contributed by atoms with E-state index in [0.717, 1.165) is 38.1 Å². The standard InChI is InChI=1S/C16H25N3OS/c1-4-8-17-14(11-13-7-6-10-21-13)16-15(20-3)12-18-19(16)9-5-2/h6-7,10,12,14,17H,4-5,8-9,11H2,1-3H3. The van der Waals surface area contributed by atoms with Crippen molar-refractivity contribution in [2.75, 3.05) is 13.7 Å². The molecule has 0 aliphatic carbocycles. The summed E-state index contributed by atoms with van der Waals surface area (Å²) in [6, 6.07) is 4.54. The van der Waals surface area contributed by atoms with Gasteiger partial charge < -0.3 is 10.1 Å². The van der Waals surface area contributed by atoms with Gasteiger partial charge in [0.15, 0.2) is 5.75 Å².